The fourth-order valence-corrected chi connectivity index (χ4v) is 14.5. The summed E-state index contributed by atoms with van der Waals surface area (Å²) in [5, 5.41) is 3.49. The average Bonchev–Trinajstić information content (AvgIpc) is 1.61. The van der Waals surface area contributed by atoms with Crippen LogP contribution in [-0.4, -0.2) is 39.0 Å². The molecule has 0 bridgehead atoms. The van der Waals surface area contributed by atoms with Crippen LogP contribution >= 0.6 is 15.9 Å². The van der Waals surface area contributed by atoms with E-state index in [-0.39, 0.29) is 0 Å². The van der Waals surface area contributed by atoms with Crippen molar-refractivity contribution in [3.63, 3.8) is 0 Å². The highest BCUT2D eigenvalue weighted by atomic mass is 79.9. The molecule has 4 aromatic heterocycles. The van der Waals surface area contributed by atoms with Crippen LogP contribution < -0.4 is 10.2 Å². The lowest BCUT2D eigenvalue weighted by Gasteiger charge is -2.24. The number of hydrogen-bond acceptors (Lipinski definition) is 8. The van der Waals surface area contributed by atoms with Crippen molar-refractivity contribution in [2.75, 3.05) is 10.2 Å². The monoisotopic (exact) mass is 1410 g/mol. The first-order valence-corrected chi connectivity index (χ1v) is 35.7. The molecular formula is C94H63BrN10. The fourth-order valence-electron chi connectivity index (χ4n) is 14.2. The topological polar surface area (TPSA) is 102 Å². The fraction of sp³-hybridized carbons (Fsp3) is 0. The van der Waals surface area contributed by atoms with E-state index >= 15 is 0 Å². The average molecular weight is 1410 g/mol. The van der Waals surface area contributed by atoms with Crippen LogP contribution in [0.1, 0.15) is 0 Å². The lowest BCUT2D eigenvalue weighted by atomic mass is 9.96. The predicted octanol–water partition coefficient (Wildman–Crippen LogP) is 24.6. The molecule has 0 saturated carbocycles. The van der Waals surface area contributed by atoms with Crippen LogP contribution in [0.2, 0.25) is 0 Å². The van der Waals surface area contributed by atoms with Crippen LogP contribution in [0.4, 0.5) is 29.0 Å². The number of halogens is 1. The Bertz CT molecular complexity index is 6200. The van der Waals surface area contributed by atoms with Gasteiger partial charge in [-0.2, -0.15) is 0 Å². The number of para-hydroxylation sites is 8. The molecule has 0 fully saturated rings. The zero-order chi connectivity index (χ0) is 70.0. The van der Waals surface area contributed by atoms with Crippen molar-refractivity contribution >= 4 is 67.0 Å². The highest BCUT2D eigenvalue weighted by molar-refractivity contribution is 9.10. The highest BCUT2D eigenvalue weighted by Crippen LogP contribution is 2.49. The Morgan fingerprint density at radius 2 is 0.610 bits per heavy atom. The van der Waals surface area contributed by atoms with Crippen LogP contribution in [0.15, 0.2) is 381 Å². The van der Waals surface area contributed by atoms with Crippen molar-refractivity contribution in [1.82, 2.24) is 39.0 Å². The van der Waals surface area contributed by atoms with Crippen molar-refractivity contribution < 1.29 is 0 Å². The van der Waals surface area contributed by atoms with Crippen LogP contribution in [0.3, 0.4) is 0 Å². The van der Waals surface area contributed by atoms with Crippen molar-refractivity contribution in [2.24, 2.45) is 0 Å². The number of imidazole rings is 2. The molecule has 105 heavy (non-hydrogen) atoms. The van der Waals surface area contributed by atoms with Gasteiger partial charge in [0.1, 0.15) is 0 Å². The summed E-state index contributed by atoms with van der Waals surface area (Å²) in [5.74, 6) is 3.12. The van der Waals surface area contributed by atoms with Gasteiger partial charge >= 0.3 is 0 Å². The van der Waals surface area contributed by atoms with E-state index in [1.165, 1.54) is 22.3 Å². The first kappa shape index (κ1) is 63.4. The first-order chi connectivity index (χ1) is 52.0. The maximum absolute atomic E-state index is 5.24. The van der Waals surface area contributed by atoms with Crippen molar-refractivity contribution in [3.8, 4) is 124 Å². The maximum atomic E-state index is 5.24. The van der Waals surface area contributed by atoms with Gasteiger partial charge < -0.3 is 5.32 Å². The Kier molecular flexibility index (Phi) is 16.9. The Hall–Kier alpha value is -13.7. The molecule has 0 saturated heterocycles. The summed E-state index contributed by atoms with van der Waals surface area (Å²) in [5.41, 5.74) is 28.6. The summed E-state index contributed by atoms with van der Waals surface area (Å²) in [6, 6.07) is 130. The Labute approximate surface area is 616 Å². The molecule has 10 nitrogen and oxygen atoms in total. The summed E-state index contributed by atoms with van der Waals surface area (Å²) < 4.78 is 5.53. The number of nitrogens with zero attached hydrogens (tertiary/aromatic N) is 9. The molecule has 0 atom stereocenters. The molecule has 20 rings (SSSR count). The number of fused-ring (bicyclic) bond motifs is 14. The highest BCUT2D eigenvalue weighted by Gasteiger charge is 2.30. The van der Waals surface area contributed by atoms with Gasteiger partial charge in [0.15, 0.2) is 11.6 Å². The number of rotatable bonds is 9. The molecule has 11 heteroatoms. The van der Waals surface area contributed by atoms with Crippen molar-refractivity contribution in [1.29, 1.82) is 0 Å². The molecule has 6 heterocycles. The van der Waals surface area contributed by atoms with E-state index in [4.69, 9.17) is 29.9 Å². The lowest BCUT2D eigenvalue weighted by Crippen LogP contribution is -2.14. The van der Waals surface area contributed by atoms with E-state index < -0.39 is 0 Å². The molecule has 0 spiro atoms. The van der Waals surface area contributed by atoms with Crippen LogP contribution in [0, 0.1) is 0 Å². The van der Waals surface area contributed by atoms with Crippen LogP contribution in [0.5, 0.6) is 0 Å². The maximum Gasteiger partial charge on any atom is 0.220 e. The van der Waals surface area contributed by atoms with Crippen LogP contribution in [0.25, 0.3) is 146 Å². The van der Waals surface area contributed by atoms with Crippen LogP contribution in [-0.2, 0) is 0 Å². The third-order valence-corrected chi connectivity index (χ3v) is 19.7. The van der Waals surface area contributed by atoms with Gasteiger partial charge in [0.2, 0.25) is 11.9 Å². The van der Waals surface area contributed by atoms with E-state index in [1.54, 1.807) is 0 Å². The Morgan fingerprint density at radius 3 is 1.13 bits per heavy atom. The Morgan fingerprint density at radius 1 is 0.248 bits per heavy atom. The zero-order valence-corrected chi connectivity index (χ0v) is 58.3. The lowest BCUT2D eigenvalue weighted by molar-refractivity contribution is 1.05. The zero-order valence-electron chi connectivity index (χ0n) is 56.7. The van der Waals surface area contributed by atoms with Gasteiger partial charge in [0.25, 0.3) is 0 Å². The molecule has 1 N–H and O–H groups in total. The minimum atomic E-state index is 0.688. The molecule has 2 aliphatic heterocycles. The van der Waals surface area contributed by atoms with Gasteiger partial charge in [0.05, 0.1) is 61.9 Å². The summed E-state index contributed by atoms with van der Waals surface area (Å²) >= 11 is 3.52. The summed E-state index contributed by atoms with van der Waals surface area (Å²) in [7, 11) is 0. The van der Waals surface area contributed by atoms with E-state index in [9.17, 15) is 0 Å². The molecule has 14 aromatic carbocycles. The van der Waals surface area contributed by atoms with Gasteiger partial charge in [-0.15, -0.1) is 0 Å². The second kappa shape index (κ2) is 28.0. The second-order valence-electron chi connectivity index (χ2n) is 25.6. The molecular weight excluding hydrogens is 1350 g/mol. The number of benzene rings is 14. The van der Waals surface area contributed by atoms with Gasteiger partial charge in [0, 0.05) is 71.5 Å². The van der Waals surface area contributed by atoms with Gasteiger partial charge in [-0.3, -0.25) is 14.0 Å². The normalized spacial score (nSPS) is 11.5. The largest absolute Gasteiger partial charge is 0.325 e. The van der Waals surface area contributed by atoms with Gasteiger partial charge in [-0.05, 0) is 107 Å². The van der Waals surface area contributed by atoms with E-state index in [0.717, 1.165) is 151 Å². The second-order valence-corrected chi connectivity index (χ2v) is 26.5. The van der Waals surface area contributed by atoms with E-state index in [0.29, 0.717) is 5.82 Å². The minimum Gasteiger partial charge on any atom is -0.325 e. The third kappa shape index (κ3) is 12.4. The van der Waals surface area contributed by atoms with E-state index in [1.807, 2.05) is 97.1 Å². The van der Waals surface area contributed by atoms with Gasteiger partial charge in [-0.25, -0.2) is 29.9 Å². The quantitative estimate of drug-likeness (QED) is 0.152. The molecule has 2 aliphatic rings. The molecule has 18 aromatic rings. The number of aromatic nitrogens is 8. The van der Waals surface area contributed by atoms with E-state index in [2.05, 4.69) is 314 Å². The first-order valence-electron chi connectivity index (χ1n) is 34.9. The molecule has 0 radical (unpaired) electrons. The number of nitrogens with one attached hydrogen (secondary N) is 1. The summed E-state index contributed by atoms with van der Waals surface area (Å²) in [6.45, 7) is 0. The molecule has 0 amide bonds. The molecule has 496 valence electrons. The molecule has 0 aliphatic carbocycles. The number of hydrogen-bond donors (Lipinski definition) is 1. The molecule has 0 unspecified atom stereocenters. The summed E-state index contributed by atoms with van der Waals surface area (Å²) in [4.78, 5) is 32.5. The summed E-state index contributed by atoms with van der Waals surface area (Å²) in [6.07, 6.45) is 0. The minimum absolute atomic E-state index is 0.688. The number of anilines is 5. The van der Waals surface area contributed by atoms with Crippen molar-refractivity contribution in [3.05, 3.63) is 381 Å². The smallest absolute Gasteiger partial charge is 0.220 e. The Balaban J connectivity index is 0.000000124. The standard InChI is InChI=1S/C47H31N5.C28H19BrN2.C19H13N3/c1-3-15-32(16-4-1)36-19-7-8-20-37(36)42-31-41(48-46(49-42)34-17-5-2-6-18-34)33-27-29-35(30-28-33)51-43-24-12-9-21-38(43)39-22-10-13-25-44(39)52-45-26-14-11-23-40(45)50-47(51)52;29-23-17-15-21(16-18-23)26-19-27(31-28(30-26)22-11-5-2-6-12-22)25-14-8-7-13-24(25)20-9-3-1-4-10-20;1-3-9-15-13(7-1)14-8-2-5-11-17(14)22-18-12-6-4-10-16(18)21-19(22)20-15/h1-31H;1-19H;1-12H,(H,20,21). The third-order valence-electron chi connectivity index (χ3n) is 19.1. The van der Waals surface area contributed by atoms with Gasteiger partial charge in [-0.1, -0.05) is 307 Å². The predicted molar refractivity (Wildman–Crippen MR) is 433 cm³/mol. The SMILES string of the molecule is Brc1ccc(-c2cc(-c3ccccc3-c3ccccc3)nc(-c3ccccc3)n2)cc1.c1ccc(-c2nc(-c3ccc(N4c5ccccc5-c5ccccc5-n5c4nc4ccccc45)cc3)cc(-c3ccccc3-c3ccccc3)n2)cc1.c1ccc2c(c1)Nc1nc3ccccc3n1-c1ccccc1-2. The van der Waals surface area contributed by atoms with Crippen molar-refractivity contribution in [2.45, 2.75) is 0 Å².